The predicted octanol–water partition coefficient (Wildman–Crippen LogP) is 1.65. The average Bonchev–Trinajstić information content (AvgIpc) is 2.49. The number of likely N-dealkylation sites (N-methyl/N-ethyl adjacent to an activating group) is 1. The van der Waals surface area contributed by atoms with Gasteiger partial charge in [-0.05, 0) is 59.4 Å². The van der Waals surface area contributed by atoms with E-state index in [1.54, 1.807) is 0 Å². The molecule has 0 aliphatic carbocycles. The fourth-order valence-corrected chi connectivity index (χ4v) is 2.98. The van der Waals surface area contributed by atoms with Crippen LogP contribution in [0.5, 0.6) is 0 Å². The van der Waals surface area contributed by atoms with Gasteiger partial charge in [-0.1, -0.05) is 13.8 Å². The molecule has 102 valence electrons. The highest BCUT2D eigenvalue weighted by atomic mass is 15.2. The Balaban J connectivity index is 2.64. The van der Waals surface area contributed by atoms with E-state index in [0.29, 0.717) is 6.04 Å². The number of hydrogen-bond donors (Lipinski definition) is 1. The second-order valence-corrected chi connectivity index (χ2v) is 5.69. The molecule has 0 aromatic heterocycles. The lowest BCUT2D eigenvalue weighted by Crippen LogP contribution is -2.48. The first kappa shape index (κ1) is 14.9. The molecule has 1 aliphatic heterocycles. The molecule has 1 saturated heterocycles. The number of hydrogen-bond acceptors (Lipinski definition) is 3. The Bertz CT molecular complexity index is 208. The maximum Gasteiger partial charge on any atom is 0.0223 e. The monoisotopic (exact) mass is 241 g/mol. The number of rotatable bonds is 5. The van der Waals surface area contributed by atoms with Crippen molar-refractivity contribution < 1.29 is 0 Å². The summed E-state index contributed by atoms with van der Waals surface area (Å²) < 4.78 is 0. The van der Waals surface area contributed by atoms with Crippen LogP contribution in [0.2, 0.25) is 0 Å². The van der Waals surface area contributed by atoms with E-state index in [0.717, 1.165) is 18.5 Å². The molecule has 3 nitrogen and oxygen atoms in total. The molecule has 1 rings (SSSR count). The van der Waals surface area contributed by atoms with Gasteiger partial charge in [-0.15, -0.1) is 0 Å². The van der Waals surface area contributed by atoms with Crippen molar-refractivity contribution in [3.8, 4) is 0 Å². The molecule has 0 bridgehead atoms. The maximum atomic E-state index is 3.31. The van der Waals surface area contributed by atoms with Crippen molar-refractivity contribution >= 4 is 0 Å². The topological polar surface area (TPSA) is 18.5 Å². The summed E-state index contributed by atoms with van der Waals surface area (Å²) in [6, 6.07) is 1.41. The van der Waals surface area contributed by atoms with Crippen molar-refractivity contribution in [1.82, 2.24) is 15.1 Å². The summed E-state index contributed by atoms with van der Waals surface area (Å²) in [5.41, 5.74) is 0. The lowest BCUT2D eigenvalue weighted by molar-refractivity contribution is 0.104. The van der Waals surface area contributed by atoms with Gasteiger partial charge < -0.3 is 10.2 Å². The van der Waals surface area contributed by atoms with Crippen LogP contribution in [0.15, 0.2) is 0 Å². The zero-order chi connectivity index (χ0) is 12.8. The maximum absolute atomic E-state index is 3.31. The third kappa shape index (κ3) is 4.23. The van der Waals surface area contributed by atoms with E-state index in [-0.39, 0.29) is 0 Å². The highest BCUT2D eigenvalue weighted by Gasteiger charge is 2.28. The van der Waals surface area contributed by atoms with E-state index in [1.807, 2.05) is 0 Å². The molecule has 1 heterocycles. The van der Waals surface area contributed by atoms with Crippen LogP contribution in [0.3, 0.4) is 0 Å². The van der Waals surface area contributed by atoms with Crippen LogP contribution in [-0.2, 0) is 0 Å². The molecule has 1 aliphatic rings. The molecular weight excluding hydrogens is 210 g/mol. The van der Waals surface area contributed by atoms with E-state index in [4.69, 9.17) is 0 Å². The highest BCUT2D eigenvalue weighted by Crippen LogP contribution is 2.19. The Morgan fingerprint density at radius 2 is 2.00 bits per heavy atom. The van der Waals surface area contributed by atoms with Crippen LogP contribution in [0.25, 0.3) is 0 Å². The molecule has 0 aromatic carbocycles. The van der Waals surface area contributed by atoms with E-state index < -0.39 is 0 Å². The summed E-state index contributed by atoms with van der Waals surface area (Å²) in [4.78, 5) is 5.23. The second kappa shape index (κ2) is 7.34. The number of nitrogens with zero attached hydrogens (tertiary/aromatic N) is 2. The van der Waals surface area contributed by atoms with E-state index >= 15 is 0 Å². The Morgan fingerprint density at radius 1 is 1.29 bits per heavy atom. The van der Waals surface area contributed by atoms with Gasteiger partial charge in [0.05, 0.1) is 0 Å². The van der Waals surface area contributed by atoms with E-state index in [2.05, 4.69) is 50.0 Å². The minimum atomic E-state index is 0.680. The molecule has 0 aromatic rings. The Morgan fingerprint density at radius 3 is 2.59 bits per heavy atom. The van der Waals surface area contributed by atoms with Gasteiger partial charge in [0.15, 0.2) is 0 Å². The van der Waals surface area contributed by atoms with E-state index in [9.17, 15) is 0 Å². The summed E-state index contributed by atoms with van der Waals surface area (Å²) in [6.07, 6.45) is 2.57. The number of nitrogens with one attached hydrogen (secondary N) is 1. The molecule has 0 saturated carbocycles. The van der Waals surface area contributed by atoms with Gasteiger partial charge in [0.25, 0.3) is 0 Å². The smallest absolute Gasteiger partial charge is 0.0223 e. The molecule has 0 spiro atoms. The van der Waals surface area contributed by atoms with Crippen molar-refractivity contribution in [3.05, 3.63) is 0 Å². The first-order chi connectivity index (χ1) is 8.10. The minimum Gasteiger partial charge on any atom is -0.319 e. The van der Waals surface area contributed by atoms with Gasteiger partial charge in [-0.3, -0.25) is 4.90 Å². The van der Waals surface area contributed by atoms with Crippen molar-refractivity contribution in [2.24, 2.45) is 5.92 Å². The SMILES string of the molecule is CCC1CN(C)CCCN1C(C)C(C)CNC. The predicted molar refractivity (Wildman–Crippen MR) is 75.5 cm³/mol. The largest absolute Gasteiger partial charge is 0.319 e. The van der Waals surface area contributed by atoms with Gasteiger partial charge in [-0.2, -0.15) is 0 Å². The first-order valence-electron chi connectivity index (χ1n) is 7.19. The molecule has 3 heteroatoms. The first-order valence-corrected chi connectivity index (χ1v) is 7.19. The highest BCUT2D eigenvalue weighted by molar-refractivity contribution is 4.84. The van der Waals surface area contributed by atoms with Crippen molar-refractivity contribution in [1.29, 1.82) is 0 Å². The van der Waals surface area contributed by atoms with Crippen LogP contribution in [0, 0.1) is 5.92 Å². The molecule has 3 unspecified atom stereocenters. The van der Waals surface area contributed by atoms with Gasteiger partial charge >= 0.3 is 0 Å². The van der Waals surface area contributed by atoms with Gasteiger partial charge in [-0.25, -0.2) is 0 Å². The lowest BCUT2D eigenvalue weighted by Gasteiger charge is -2.38. The molecule has 1 N–H and O–H groups in total. The third-order valence-corrected chi connectivity index (χ3v) is 4.29. The van der Waals surface area contributed by atoms with Crippen molar-refractivity contribution in [2.45, 2.75) is 45.7 Å². The van der Waals surface area contributed by atoms with Gasteiger partial charge in [0.2, 0.25) is 0 Å². The molecule has 17 heavy (non-hydrogen) atoms. The quantitative estimate of drug-likeness (QED) is 0.789. The molecule has 0 amide bonds. The van der Waals surface area contributed by atoms with Crippen LogP contribution in [-0.4, -0.2) is 62.2 Å². The second-order valence-electron chi connectivity index (χ2n) is 5.69. The van der Waals surface area contributed by atoms with E-state index in [1.165, 1.54) is 32.5 Å². The minimum absolute atomic E-state index is 0.680. The lowest BCUT2D eigenvalue weighted by atomic mass is 9.99. The summed E-state index contributed by atoms with van der Waals surface area (Å²) in [5.74, 6) is 0.720. The summed E-state index contributed by atoms with van der Waals surface area (Å²) in [5, 5.41) is 3.31. The third-order valence-electron chi connectivity index (χ3n) is 4.29. The molecular formula is C14H31N3. The fraction of sp³-hybridized carbons (Fsp3) is 1.00. The Kier molecular flexibility index (Phi) is 6.45. The Hall–Kier alpha value is -0.120. The summed E-state index contributed by atoms with van der Waals surface area (Å²) >= 11 is 0. The van der Waals surface area contributed by atoms with Crippen LogP contribution < -0.4 is 5.32 Å². The van der Waals surface area contributed by atoms with Crippen molar-refractivity contribution in [2.75, 3.05) is 40.3 Å². The standard InChI is InChI=1S/C14H31N3/c1-6-14-11-16(5)8-7-9-17(14)13(3)12(2)10-15-4/h12-15H,6-11H2,1-5H3. The van der Waals surface area contributed by atoms with Gasteiger partial charge in [0, 0.05) is 18.6 Å². The fourth-order valence-electron chi connectivity index (χ4n) is 2.98. The van der Waals surface area contributed by atoms with Gasteiger partial charge in [0.1, 0.15) is 0 Å². The summed E-state index contributed by atoms with van der Waals surface area (Å²) in [6.45, 7) is 11.9. The summed E-state index contributed by atoms with van der Waals surface area (Å²) in [7, 11) is 4.31. The average molecular weight is 241 g/mol. The normalized spacial score (nSPS) is 27.7. The molecule has 3 atom stereocenters. The Labute approximate surface area is 108 Å². The van der Waals surface area contributed by atoms with Crippen LogP contribution in [0.1, 0.15) is 33.6 Å². The zero-order valence-corrected chi connectivity index (χ0v) is 12.4. The molecule has 1 fully saturated rings. The van der Waals surface area contributed by atoms with Crippen LogP contribution in [0.4, 0.5) is 0 Å². The van der Waals surface area contributed by atoms with Crippen LogP contribution >= 0.6 is 0 Å². The van der Waals surface area contributed by atoms with Crippen molar-refractivity contribution in [3.63, 3.8) is 0 Å². The zero-order valence-electron chi connectivity index (χ0n) is 12.4. The molecule has 0 radical (unpaired) electrons.